The number of amides is 2. The average Bonchev–Trinajstić information content (AvgIpc) is 3.03. The first-order valence-corrected chi connectivity index (χ1v) is 9.67. The second-order valence-electron chi connectivity index (χ2n) is 7.11. The highest BCUT2D eigenvalue weighted by molar-refractivity contribution is 6.05. The summed E-state index contributed by atoms with van der Waals surface area (Å²) in [5, 5.41) is 5.87. The topological polar surface area (TPSA) is 89.6 Å². The van der Waals surface area contributed by atoms with Crippen LogP contribution in [0.3, 0.4) is 0 Å². The maximum atomic E-state index is 12.6. The number of hydrogen-bond donors (Lipinski definition) is 2. The number of rotatable bonds is 4. The molecule has 0 bridgehead atoms. The smallest absolute Gasteiger partial charge is 0.270 e. The van der Waals surface area contributed by atoms with E-state index in [2.05, 4.69) is 15.6 Å². The van der Waals surface area contributed by atoms with Crippen molar-refractivity contribution in [2.24, 2.45) is 0 Å². The lowest BCUT2D eigenvalue weighted by molar-refractivity contribution is 0.0928. The summed E-state index contributed by atoms with van der Waals surface area (Å²) in [4.78, 5) is 29.3. The highest BCUT2D eigenvalue weighted by Crippen LogP contribution is 2.34. The lowest BCUT2D eigenvalue weighted by atomic mass is 10.1. The maximum absolute atomic E-state index is 12.6. The van der Waals surface area contributed by atoms with E-state index >= 15 is 0 Å². The van der Waals surface area contributed by atoms with Crippen molar-refractivity contribution in [2.45, 2.75) is 44.6 Å². The van der Waals surface area contributed by atoms with Crippen LogP contribution in [0.25, 0.3) is 0 Å². The fraction of sp³-hybridized carbons (Fsp3) is 0.381. The summed E-state index contributed by atoms with van der Waals surface area (Å²) < 4.78 is 10.6. The molecule has 2 amide bonds. The molecule has 7 nitrogen and oxygen atoms in total. The van der Waals surface area contributed by atoms with Crippen molar-refractivity contribution in [3.8, 4) is 11.5 Å². The summed E-state index contributed by atoms with van der Waals surface area (Å²) in [7, 11) is 0. The molecule has 1 aliphatic heterocycles. The average molecular weight is 381 g/mol. The first-order valence-electron chi connectivity index (χ1n) is 9.67. The van der Waals surface area contributed by atoms with Crippen LogP contribution < -0.4 is 20.1 Å². The first kappa shape index (κ1) is 18.3. The van der Waals surface area contributed by atoms with Gasteiger partial charge in [-0.15, -0.1) is 0 Å². The molecule has 1 aliphatic carbocycles. The molecule has 2 heterocycles. The predicted octanol–water partition coefficient (Wildman–Crippen LogP) is 3.52. The van der Waals surface area contributed by atoms with Crippen LogP contribution in [0.5, 0.6) is 11.5 Å². The SMILES string of the molecule is O=C(Nc1ccc2c(c1)OCO2)c1ccnc(C(=O)NC2CCCCCC2)c1. The molecule has 0 saturated heterocycles. The minimum absolute atomic E-state index is 0.177. The minimum Gasteiger partial charge on any atom is -0.454 e. The van der Waals surface area contributed by atoms with E-state index in [1.807, 2.05) is 0 Å². The van der Waals surface area contributed by atoms with Crippen LogP contribution in [-0.4, -0.2) is 29.6 Å². The van der Waals surface area contributed by atoms with E-state index in [-0.39, 0.29) is 30.3 Å². The number of aromatic nitrogens is 1. The molecule has 1 aromatic heterocycles. The Hall–Kier alpha value is -3.09. The Bertz CT molecular complexity index is 876. The summed E-state index contributed by atoms with van der Waals surface area (Å²) in [6.45, 7) is 0.177. The number of carbonyl (C=O) groups is 2. The molecule has 1 fully saturated rings. The highest BCUT2D eigenvalue weighted by atomic mass is 16.7. The van der Waals surface area contributed by atoms with Gasteiger partial charge in [0.25, 0.3) is 11.8 Å². The van der Waals surface area contributed by atoms with Crippen molar-refractivity contribution in [1.82, 2.24) is 10.3 Å². The number of hydrogen-bond acceptors (Lipinski definition) is 5. The molecule has 2 aromatic rings. The maximum Gasteiger partial charge on any atom is 0.270 e. The molecular weight excluding hydrogens is 358 g/mol. The van der Waals surface area contributed by atoms with Crippen LogP contribution in [0.15, 0.2) is 36.5 Å². The van der Waals surface area contributed by atoms with Gasteiger partial charge in [0.15, 0.2) is 11.5 Å². The Labute approximate surface area is 163 Å². The summed E-state index contributed by atoms with van der Waals surface area (Å²) in [5.74, 6) is 0.699. The quantitative estimate of drug-likeness (QED) is 0.791. The lowest BCUT2D eigenvalue weighted by Crippen LogP contribution is -2.35. The number of pyridine rings is 1. The van der Waals surface area contributed by atoms with Crippen molar-refractivity contribution in [1.29, 1.82) is 0 Å². The van der Waals surface area contributed by atoms with Crippen molar-refractivity contribution in [3.63, 3.8) is 0 Å². The summed E-state index contributed by atoms with van der Waals surface area (Å²) in [5.41, 5.74) is 1.22. The zero-order valence-electron chi connectivity index (χ0n) is 15.6. The normalized spacial score (nSPS) is 16.3. The van der Waals surface area contributed by atoms with E-state index in [1.54, 1.807) is 24.3 Å². The van der Waals surface area contributed by atoms with E-state index in [9.17, 15) is 9.59 Å². The molecular formula is C21H23N3O4. The fourth-order valence-corrected chi connectivity index (χ4v) is 3.56. The van der Waals surface area contributed by atoms with Gasteiger partial charge in [-0.1, -0.05) is 25.7 Å². The number of fused-ring (bicyclic) bond motifs is 1. The molecule has 7 heteroatoms. The zero-order valence-corrected chi connectivity index (χ0v) is 15.6. The molecule has 146 valence electrons. The van der Waals surface area contributed by atoms with E-state index in [0.717, 1.165) is 25.7 Å². The van der Waals surface area contributed by atoms with Crippen molar-refractivity contribution < 1.29 is 19.1 Å². The van der Waals surface area contributed by atoms with E-state index < -0.39 is 0 Å². The summed E-state index contributed by atoms with van der Waals surface area (Å²) in [6.07, 6.45) is 8.19. The zero-order chi connectivity index (χ0) is 19.3. The molecule has 1 aromatic carbocycles. The summed E-state index contributed by atoms with van der Waals surface area (Å²) in [6, 6.07) is 8.49. The molecule has 2 N–H and O–H groups in total. The standard InChI is InChI=1S/C21H23N3O4/c25-20(24-16-7-8-18-19(12-16)28-13-27-18)14-9-10-22-17(11-14)21(26)23-15-5-3-1-2-4-6-15/h7-12,15H,1-6,13H2,(H,23,26)(H,24,25). The van der Waals surface area contributed by atoms with Gasteiger partial charge in [0.1, 0.15) is 5.69 Å². The number of anilines is 1. The van der Waals surface area contributed by atoms with Gasteiger partial charge >= 0.3 is 0 Å². The molecule has 4 rings (SSSR count). The first-order chi connectivity index (χ1) is 13.7. The molecule has 0 spiro atoms. The largest absolute Gasteiger partial charge is 0.454 e. The van der Waals surface area contributed by atoms with Gasteiger partial charge in [0.05, 0.1) is 0 Å². The van der Waals surface area contributed by atoms with Gasteiger partial charge in [-0.3, -0.25) is 14.6 Å². The van der Waals surface area contributed by atoms with Gasteiger partial charge in [-0.25, -0.2) is 0 Å². The van der Waals surface area contributed by atoms with Gasteiger partial charge in [-0.2, -0.15) is 0 Å². The molecule has 2 aliphatic rings. The van der Waals surface area contributed by atoms with Crippen LogP contribution in [-0.2, 0) is 0 Å². The van der Waals surface area contributed by atoms with Crippen LogP contribution >= 0.6 is 0 Å². The van der Waals surface area contributed by atoms with Crippen LogP contribution in [0.2, 0.25) is 0 Å². The number of nitrogens with zero attached hydrogens (tertiary/aromatic N) is 1. The second kappa shape index (κ2) is 8.29. The second-order valence-corrected chi connectivity index (χ2v) is 7.11. The van der Waals surface area contributed by atoms with E-state index in [4.69, 9.17) is 9.47 Å². The highest BCUT2D eigenvalue weighted by Gasteiger charge is 2.18. The minimum atomic E-state index is -0.315. The van der Waals surface area contributed by atoms with Crippen LogP contribution in [0, 0.1) is 0 Å². The fourth-order valence-electron chi connectivity index (χ4n) is 3.56. The van der Waals surface area contributed by atoms with Crippen LogP contribution in [0.1, 0.15) is 59.4 Å². The molecule has 0 radical (unpaired) electrons. The number of ether oxygens (including phenoxy) is 2. The number of nitrogens with one attached hydrogen (secondary N) is 2. The summed E-state index contributed by atoms with van der Waals surface area (Å²) >= 11 is 0. The number of carbonyl (C=O) groups excluding carboxylic acids is 2. The van der Waals surface area contributed by atoms with Gasteiger partial charge in [0.2, 0.25) is 6.79 Å². The van der Waals surface area contributed by atoms with Crippen molar-refractivity contribution >= 4 is 17.5 Å². The predicted molar refractivity (Wildman–Crippen MR) is 104 cm³/mol. The Kier molecular flexibility index (Phi) is 5.41. The molecule has 0 unspecified atom stereocenters. The van der Waals surface area contributed by atoms with Gasteiger partial charge < -0.3 is 20.1 Å². The van der Waals surface area contributed by atoms with E-state index in [0.29, 0.717) is 22.7 Å². The Morgan fingerprint density at radius 2 is 1.71 bits per heavy atom. The monoisotopic (exact) mass is 381 g/mol. The van der Waals surface area contributed by atoms with Crippen molar-refractivity contribution in [3.05, 3.63) is 47.8 Å². The Morgan fingerprint density at radius 3 is 2.54 bits per heavy atom. The Morgan fingerprint density at radius 1 is 0.929 bits per heavy atom. The third-order valence-corrected chi connectivity index (χ3v) is 5.08. The molecule has 0 atom stereocenters. The van der Waals surface area contributed by atoms with Crippen LogP contribution in [0.4, 0.5) is 5.69 Å². The van der Waals surface area contributed by atoms with Gasteiger partial charge in [-0.05, 0) is 37.1 Å². The molecule has 1 saturated carbocycles. The number of benzene rings is 1. The third kappa shape index (κ3) is 4.24. The lowest BCUT2D eigenvalue weighted by Gasteiger charge is -2.16. The molecule has 28 heavy (non-hydrogen) atoms. The van der Waals surface area contributed by atoms with Gasteiger partial charge in [0, 0.05) is 29.6 Å². The van der Waals surface area contributed by atoms with Crippen molar-refractivity contribution in [2.75, 3.05) is 12.1 Å². The van der Waals surface area contributed by atoms with E-state index in [1.165, 1.54) is 25.1 Å². The Balaban J connectivity index is 1.42. The third-order valence-electron chi connectivity index (χ3n) is 5.08.